The minimum Gasteiger partial charge on any atom is -0.493 e. The van der Waals surface area contributed by atoms with Crippen LogP contribution in [0, 0.1) is 0 Å². The standard InChI is InChI=1S/C13H14N2O3/c1-16-8-12-14-13(18-15-12)10-6-7-17-11-5-3-2-4-9(10)11/h2-5,10H,6-8H2,1H3/t10-/m0/s1. The maximum Gasteiger partial charge on any atom is 0.234 e. The van der Waals surface area contributed by atoms with E-state index in [0.717, 1.165) is 17.7 Å². The lowest BCUT2D eigenvalue weighted by Gasteiger charge is -2.22. The van der Waals surface area contributed by atoms with Crippen LogP contribution in [0.4, 0.5) is 0 Å². The molecule has 0 saturated heterocycles. The van der Waals surface area contributed by atoms with Crippen LogP contribution in [0.5, 0.6) is 5.75 Å². The van der Waals surface area contributed by atoms with Gasteiger partial charge in [-0.15, -0.1) is 0 Å². The van der Waals surface area contributed by atoms with Crippen LogP contribution in [0.25, 0.3) is 0 Å². The molecule has 0 fully saturated rings. The summed E-state index contributed by atoms with van der Waals surface area (Å²) in [5, 5.41) is 3.90. The summed E-state index contributed by atoms with van der Waals surface area (Å²) < 4.78 is 15.9. The molecule has 1 atom stereocenters. The minimum absolute atomic E-state index is 0.119. The third-order valence-electron chi connectivity index (χ3n) is 3.01. The number of rotatable bonds is 3. The van der Waals surface area contributed by atoms with Gasteiger partial charge in [0.25, 0.3) is 0 Å². The average Bonchev–Trinajstić information content (AvgIpc) is 2.87. The molecule has 0 spiro atoms. The van der Waals surface area contributed by atoms with Crippen molar-refractivity contribution in [2.45, 2.75) is 18.9 Å². The van der Waals surface area contributed by atoms with Crippen LogP contribution in [0.3, 0.4) is 0 Å². The Morgan fingerprint density at radius 2 is 2.28 bits per heavy atom. The molecule has 0 radical (unpaired) electrons. The fourth-order valence-corrected chi connectivity index (χ4v) is 2.20. The molecule has 0 amide bonds. The van der Waals surface area contributed by atoms with Gasteiger partial charge in [-0.3, -0.25) is 0 Å². The third kappa shape index (κ3) is 1.97. The molecule has 1 aromatic heterocycles. The average molecular weight is 246 g/mol. The van der Waals surface area contributed by atoms with Gasteiger partial charge in [0.1, 0.15) is 12.4 Å². The van der Waals surface area contributed by atoms with E-state index in [0.29, 0.717) is 24.9 Å². The van der Waals surface area contributed by atoms with Crippen molar-refractivity contribution in [2.24, 2.45) is 0 Å². The summed E-state index contributed by atoms with van der Waals surface area (Å²) in [6, 6.07) is 7.96. The minimum atomic E-state index is 0.119. The van der Waals surface area contributed by atoms with Crippen molar-refractivity contribution in [1.82, 2.24) is 10.1 Å². The predicted octanol–water partition coefficient (Wildman–Crippen LogP) is 2.13. The molecular formula is C13H14N2O3. The Hall–Kier alpha value is -1.88. The van der Waals surface area contributed by atoms with E-state index >= 15 is 0 Å². The quantitative estimate of drug-likeness (QED) is 0.830. The topological polar surface area (TPSA) is 57.4 Å². The number of hydrogen-bond donors (Lipinski definition) is 0. The zero-order valence-corrected chi connectivity index (χ0v) is 10.1. The SMILES string of the molecule is COCc1noc([C@H]2CCOc3ccccc32)n1. The molecular weight excluding hydrogens is 232 g/mol. The summed E-state index contributed by atoms with van der Waals surface area (Å²) in [7, 11) is 1.61. The van der Waals surface area contributed by atoms with E-state index in [2.05, 4.69) is 10.1 Å². The molecule has 3 rings (SSSR count). The van der Waals surface area contributed by atoms with Crippen molar-refractivity contribution in [3.05, 3.63) is 41.5 Å². The monoisotopic (exact) mass is 246 g/mol. The Morgan fingerprint density at radius 1 is 1.39 bits per heavy atom. The number of hydrogen-bond acceptors (Lipinski definition) is 5. The largest absolute Gasteiger partial charge is 0.493 e. The number of nitrogens with zero attached hydrogens (tertiary/aromatic N) is 2. The third-order valence-corrected chi connectivity index (χ3v) is 3.01. The molecule has 1 aromatic carbocycles. The van der Waals surface area contributed by atoms with Crippen LogP contribution in [0.2, 0.25) is 0 Å². The van der Waals surface area contributed by atoms with Crippen LogP contribution in [-0.2, 0) is 11.3 Å². The van der Waals surface area contributed by atoms with Crippen molar-refractivity contribution >= 4 is 0 Å². The highest BCUT2D eigenvalue weighted by atomic mass is 16.5. The van der Waals surface area contributed by atoms with Crippen LogP contribution < -0.4 is 4.74 Å². The van der Waals surface area contributed by atoms with Crippen molar-refractivity contribution < 1.29 is 14.0 Å². The normalized spacial score (nSPS) is 18.2. The van der Waals surface area contributed by atoms with Gasteiger partial charge in [-0.1, -0.05) is 23.4 Å². The van der Waals surface area contributed by atoms with Gasteiger partial charge in [-0.05, 0) is 12.5 Å². The van der Waals surface area contributed by atoms with Gasteiger partial charge in [0.05, 0.1) is 12.5 Å². The number of ether oxygens (including phenoxy) is 2. The van der Waals surface area contributed by atoms with Crippen molar-refractivity contribution in [2.75, 3.05) is 13.7 Å². The van der Waals surface area contributed by atoms with E-state index in [1.807, 2.05) is 24.3 Å². The molecule has 0 aliphatic carbocycles. The molecule has 0 unspecified atom stereocenters. The fraction of sp³-hybridized carbons (Fsp3) is 0.385. The molecule has 5 heteroatoms. The maximum atomic E-state index is 5.61. The van der Waals surface area contributed by atoms with Gasteiger partial charge in [0.2, 0.25) is 5.89 Å². The molecule has 1 aliphatic rings. The van der Waals surface area contributed by atoms with Gasteiger partial charge >= 0.3 is 0 Å². The lowest BCUT2D eigenvalue weighted by atomic mass is 9.93. The smallest absolute Gasteiger partial charge is 0.234 e. The highest BCUT2D eigenvalue weighted by Crippen LogP contribution is 2.36. The van der Waals surface area contributed by atoms with Crippen LogP contribution >= 0.6 is 0 Å². The summed E-state index contributed by atoms with van der Waals surface area (Å²) in [6.45, 7) is 1.04. The van der Waals surface area contributed by atoms with Gasteiger partial charge < -0.3 is 14.0 Å². The second-order valence-corrected chi connectivity index (χ2v) is 4.21. The van der Waals surface area contributed by atoms with Crippen molar-refractivity contribution in [1.29, 1.82) is 0 Å². The molecule has 94 valence electrons. The highest BCUT2D eigenvalue weighted by Gasteiger charge is 2.27. The molecule has 0 N–H and O–H groups in total. The van der Waals surface area contributed by atoms with E-state index < -0.39 is 0 Å². The first-order valence-electron chi connectivity index (χ1n) is 5.91. The Balaban J connectivity index is 1.92. The Bertz CT molecular complexity index is 539. The highest BCUT2D eigenvalue weighted by molar-refractivity contribution is 5.40. The first-order valence-corrected chi connectivity index (χ1v) is 5.91. The van der Waals surface area contributed by atoms with Crippen LogP contribution in [0.1, 0.15) is 29.6 Å². The second kappa shape index (κ2) is 4.78. The lowest BCUT2D eigenvalue weighted by Crippen LogP contribution is -2.15. The second-order valence-electron chi connectivity index (χ2n) is 4.21. The number of para-hydroxylation sites is 1. The van der Waals surface area contributed by atoms with Gasteiger partial charge in [-0.25, -0.2) is 0 Å². The van der Waals surface area contributed by atoms with Gasteiger partial charge in [-0.2, -0.15) is 4.98 Å². The molecule has 18 heavy (non-hydrogen) atoms. The van der Waals surface area contributed by atoms with Crippen molar-refractivity contribution in [3.8, 4) is 5.75 Å². The van der Waals surface area contributed by atoms with E-state index in [9.17, 15) is 0 Å². The van der Waals surface area contributed by atoms with Gasteiger partial charge in [0, 0.05) is 12.7 Å². The van der Waals surface area contributed by atoms with Gasteiger partial charge in [0.15, 0.2) is 5.82 Å². The van der Waals surface area contributed by atoms with E-state index in [-0.39, 0.29) is 5.92 Å². The molecule has 0 saturated carbocycles. The number of methoxy groups -OCH3 is 1. The Kier molecular flexibility index (Phi) is 2.98. The van der Waals surface area contributed by atoms with E-state index in [4.69, 9.17) is 14.0 Å². The predicted molar refractivity (Wildman–Crippen MR) is 63.4 cm³/mol. The number of aromatic nitrogens is 2. The molecule has 2 aromatic rings. The van der Waals surface area contributed by atoms with E-state index in [1.54, 1.807) is 7.11 Å². The summed E-state index contributed by atoms with van der Waals surface area (Å²) in [4.78, 5) is 4.36. The Morgan fingerprint density at radius 3 is 3.17 bits per heavy atom. The molecule has 5 nitrogen and oxygen atoms in total. The zero-order chi connectivity index (χ0) is 12.4. The molecule has 2 heterocycles. The summed E-state index contributed by atoms with van der Waals surface area (Å²) in [5.74, 6) is 2.24. The van der Waals surface area contributed by atoms with Crippen LogP contribution in [0.15, 0.2) is 28.8 Å². The van der Waals surface area contributed by atoms with Crippen LogP contribution in [-0.4, -0.2) is 23.9 Å². The number of fused-ring (bicyclic) bond motifs is 1. The molecule has 0 bridgehead atoms. The molecule has 1 aliphatic heterocycles. The summed E-state index contributed by atoms with van der Waals surface area (Å²) in [6.07, 6.45) is 0.853. The summed E-state index contributed by atoms with van der Waals surface area (Å²) >= 11 is 0. The lowest BCUT2D eigenvalue weighted by molar-refractivity contribution is 0.174. The number of benzene rings is 1. The first-order chi connectivity index (χ1) is 8.88. The summed E-state index contributed by atoms with van der Waals surface area (Å²) in [5.41, 5.74) is 1.11. The fourth-order valence-electron chi connectivity index (χ4n) is 2.20. The Labute approximate surface area is 105 Å². The van der Waals surface area contributed by atoms with E-state index in [1.165, 1.54) is 0 Å². The maximum absolute atomic E-state index is 5.61. The van der Waals surface area contributed by atoms with Crippen molar-refractivity contribution in [3.63, 3.8) is 0 Å². The first kappa shape index (κ1) is 11.2. The zero-order valence-electron chi connectivity index (χ0n) is 10.1.